The van der Waals surface area contributed by atoms with Crippen LogP contribution in [0.4, 0.5) is 0 Å². The third-order valence-corrected chi connectivity index (χ3v) is 128. The van der Waals surface area contributed by atoms with Crippen molar-refractivity contribution in [1.29, 1.82) is 0 Å². The van der Waals surface area contributed by atoms with Crippen molar-refractivity contribution in [1.82, 2.24) is 0 Å². The molecule has 0 N–H and O–H groups in total. The highest BCUT2D eigenvalue weighted by atomic mass is 30.1. The van der Waals surface area contributed by atoms with E-state index < -0.39 is 164 Å². The molecule has 19 nitrogen and oxygen atoms in total. The van der Waals surface area contributed by atoms with Gasteiger partial charge in [0, 0.05) is 0 Å². The standard InChI is InChI=1S/C7H28O15Si18.2O2Si/c1-25(2)20-23-28(8)31(11)30(10)27(5)21-24-29(9)32(12)33(13)34(14)35(15)36(16)37(17)38(18)39(19)40(6,7)22-26(3)4;2*1-3-2/h25-27H,23-24H2,1-7H3;;. The monoisotopic (exact) mass is 976 g/mol. The van der Waals surface area contributed by atoms with Gasteiger partial charge in [-0.05, 0) is 45.8 Å². The van der Waals surface area contributed by atoms with E-state index >= 15 is 0 Å². The molecule has 0 aromatic carbocycles. The van der Waals surface area contributed by atoms with Gasteiger partial charge in [-0.2, -0.15) is 0 Å². The van der Waals surface area contributed by atoms with Gasteiger partial charge in [-0.3, -0.25) is 17.8 Å². The maximum atomic E-state index is 12.7. The summed E-state index contributed by atoms with van der Waals surface area (Å²) in [5.41, 5.74) is 0. The Labute approximate surface area is 291 Å². The Morgan fingerprint density at radius 2 is 0.826 bits per heavy atom. The smallest absolute Gasteiger partial charge is 0.460 e. The second-order valence-corrected chi connectivity index (χ2v) is 92.7. The highest BCUT2D eigenvalue weighted by Crippen LogP contribution is 2.07. The lowest BCUT2D eigenvalue weighted by Gasteiger charge is -2.21. The molecule has 46 heavy (non-hydrogen) atoms. The molecular formula is C7H28O19Si20. The van der Waals surface area contributed by atoms with Gasteiger partial charge in [-0.1, -0.05) is 0 Å². The largest absolute Gasteiger partial charge is 0.549 e. The summed E-state index contributed by atoms with van der Waals surface area (Å²) in [5.74, 6) is 0. The Kier molecular flexibility index (Phi) is 29.9. The molecule has 0 spiro atoms. The van der Waals surface area contributed by atoms with Gasteiger partial charge < -0.3 is 65.9 Å². The van der Waals surface area contributed by atoms with E-state index in [0.29, 0.717) is 0 Å². The Balaban J connectivity index is -0.00000283. The van der Waals surface area contributed by atoms with Crippen molar-refractivity contribution in [2.75, 3.05) is 0 Å². The molecule has 0 amide bonds. The van der Waals surface area contributed by atoms with Gasteiger partial charge in [0.25, 0.3) is 0 Å². The van der Waals surface area contributed by atoms with Crippen LogP contribution in [0.5, 0.6) is 0 Å². The average Bonchev–Trinajstić information content (AvgIpc) is 2.98. The molecule has 0 saturated heterocycles. The van der Waals surface area contributed by atoms with Crippen LogP contribution in [0.2, 0.25) is 45.8 Å². The summed E-state index contributed by atoms with van der Waals surface area (Å²) in [6, 6.07) is 0. The lowest BCUT2D eigenvalue weighted by molar-refractivity contribution is 0.496. The fourth-order valence-electron chi connectivity index (χ4n) is 2.63. The molecule has 0 fully saturated rings. The summed E-state index contributed by atoms with van der Waals surface area (Å²) in [4.78, 5) is 0. The first-order valence-electron chi connectivity index (χ1n) is 12.4. The summed E-state index contributed by atoms with van der Waals surface area (Å²) in [6.45, 7) is 11.7. The minimum Gasteiger partial charge on any atom is -0.460 e. The van der Waals surface area contributed by atoms with Crippen LogP contribution in [0.1, 0.15) is 0 Å². The van der Waals surface area contributed by atoms with Crippen LogP contribution in [-0.2, 0) is 83.7 Å². The third-order valence-electron chi connectivity index (χ3n) is 4.63. The first kappa shape index (κ1) is 51.4. The Hall–Kier alpha value is 1.02. The fourth-order valence-corrected chi connectivity index (χ4v) is 175. The highest BCUT2D eigenvalue weighted by molar-refractivity contribution is 7.78. The third kappa shape index (κ3) is 20.0. The molecule has 1 unspecified atom stereocenters. The predicted octanol–water partition coefficient (Wildman–Crippen LogP) is -7.51. The molecule has 0 rings (SSSR count). The Bertz CT molecular complexity index is 1370. The topological polar surface area (TPSA) is 301 Å². The molecule has 0 aliphatic heterocycles. The minimum absolute atomic E-state index is 1.40. The first-order chi connectivity index (χ1) is 21.0. The van der Waals surface area contributed by atoms with Crippen molar-refractivity contribution in [3.8, 4) is 0 Å². The molecule has 0 aromatic heterocycles. The molecule has 0 aromatic rings. The summed E-state index contributed by atoms with van der Waals surface area (Å²) in [5, 5.41) is 0. The zero-order chi connectivity index (χ0) is 37.1. The van der Waals surface area contributed by atoms with Gasteiger partial charge in [0.2, 0.25) is 35.0 Å². The quantitative estimate of drug-likeness (QED) is 0.102. The predicted molar refractivity (Wildman–Crippen MR) is 180 cm³/mol. The van der Waals surface area contributed by atoms with Crippen LogP contribution >= 0.6 is 0 Å². The van der Waals surface area contributed by atoms with E-state index in [4.69, 9.17) is 30.2 Å². The van der Waals surface area contributed by atoms with Crippen LogP contribution in [-0.4, -0.2) is 164 Å². The molecule has 0 heterocycles. The van der Waals surface area contributed by atoms with E-state index in [1.165, 1.54) is 19.6 Å². The molecule has 0 aliphatic rings. The van der Waals surface area contributed by atoms with Crippen molar-refractivity contribution < 1.29 is 83.7 Å². The summed E-state index contributed by atoms with van der Waals surface area (Å²) in [7, 11) is -56.4. The van der Waals surface area contributed by atoms with Crippen molar-refractivity contribution >= 4 is 164 Å². The first-order valence-corrected chi connectivity index (χ1v) is 59.6. The maximum absolute atomic E-state index is 12.7. The molecule has 1 atom stereocenters. The molecule has 39 heteroatoms. The van der Waals surface area contributed by atoms with Gasteiger partial charge in [0.1, 0.15) is 0 Å². The van der Waals surface area contributed by atoms with Crippen molar-refractivity contribution in [3.63, 3.8) is 0 Å². The van der Waals surface area contributed by atoms with Crippen LogP contribution in [0, 0.1) is 0 Å². The van der Waals surface area contributed by atoms with Crippen LogP contribution in [0.25, 0.3) is 0 Å². The van der Waals surface area contributed by atoms with Gasteiger partial charge in [0.15, 0.2) is 18.1 Å². The van der Waals surface area contributed by atoms with E-state index in [1.807, 2.05) is 13.1 Å². The number of rotatable bonds is 20. The van der Waals surface area contributed by atoms with Crippen molar-refractivity contribution in [2.45, 2.75) is 45.8 Å². The maximum Gasteiger partial charge on any atom is 0.549 e. The van der Waals surface area contributed by atoms with Gasteiger partial charge in [-0.25, -0.2) is 0 Å². The molecule has 0 saturated carbocycles. The second kappa shape index (κ2) is 26.8. The van der Waals surface area contributed by atoms with Gasteiger partial charge in [0.05, 0.1) is 0 Å². The van der Waals surface area contributed by atoms with Gasteiger partial charge in [-0.15, -0.1) is 0 Å². The number of hydrogen-bond donors (Lipinski definition) is 0. The summed E-state index contributed by atoms with van der Waals surface area (Å²) >= 11 is 0. The Morgan fingerprint density at radius 1 is 0.500 bits per heavy atom. The lowest BCUT2D eigenvalue weighted by Crippen LogP contribution is -2.58. The fraction of sp³-hybridized carbons (Fsp3) is 1.00. The number of hydrogen-bond acceptors (Lipinski definition) is 19. The van der Waals surface area contributed by atoms with Crippen LogP contribution < -0.4 is 0 Å². The van der Waals surface area contributed by atoms with E-state index in [9.17, 15) is 53.5 Å². The van der Waals surface area contributed by atoms with E-state index in [2.05, 4.69) is 0 Å². The average molecular weight is 978 g/mol. The molecule has 0 bridgehead atoms. The lowest BCUT2D eigenvalue weighted by atomic mass is 11.9. The normalized spacial score (nSPS) is 11.2. The molecule has 0 radical (unpaired) electrons. The molecular weight excluding hydrogens is 950 g/mol. The highest BCUT2D eigenvalue weighted by Gasteiger charge is 2.53. The van der Waals surface area contributed by atoms with E-state index in [-0.39, 0.29) is 0 Å². The summed E-state index contributed by atoms with van der Waals surface area (Å²) < 4.78 is 200. The molecule has 0 aliphatic carbocycles. The van der Waals surface area contributed by atoms with Gasteiger partial charge >= 0.3 is 111 Å². The SMILES string of the molecule is C[SiH](C)O[SiH2][Si](=O)[Si](=O)[Si](=O)[SiH](C)O[SiH2][Si](=O)[Si](=O)[Si](=O)[Si](=O)[Si](=O)[Si](=O)[Si](=O)[Si](=O)[Si](=O)[Si](C)(C)O[SiH](C)C.O=[Si]=O.O=[Si]=O. The van der Waals surface area contributed by atoms with E-state index in [1.54, 1.807) is 13.1 Å². The van der Waals surface area contributed by atoms with Crippen molar-refractivity contribution in [2.24, 2.45) is 0 Å². The van der Waals surface area contributed by atoms with Crippen LogP contribution in [0.15, 0.2) is 0 Å². The van der Waals surface area contributed by atoms with Crippen LogP contribution in [0.3, 0.4) is 0 Å². The zero-order valence-corrected chi connectivity index (χ0v) is 46.7. The molecule has 250 valence electrons. The Morgan fingerprint density at radius 3 is 1.20 bits per heavy atom. The second-order valence-electron chi connectivity index (χ2n) is 9.33. The van der Waals surface area contributed by atoms with Crippen molar-refractivity contribution in [3.05, 3.63) is 0 Å². The zero-order valence-electron chi connectivity index (χ0n) is 25.4. The minimum atomic E-state index is -3.88. The van der Waals surface area contributed by atoms with E-state index in [0.717, 1.165) is 0 Å². The summed E-state index contributed by atoms with van der Waals surface area (Å²) in [6.07, 6.45) is 0.